The van der Waals surface area contributed by atoms with Crippen molar-refractivity contribution in [3.8, 4) is 11.5 Å². The Hall–Kier alpha value is -4.11. The topological polar surface area (TPSA) is 97.3 Å². The van der Waals surface area contributed by atoms with Gasteiger partial charge in [0.25, 0.3) is 5.24 Å². The quantitative estimate of drug-likeness (QED) is 0.492. The van der Waals surface area contributed by atoms with Gasteiger partial charge in [-0.2, -0.15) is 5.10 Å². The molecule has 3 aliphatic rings. The number of nitrogens with zero attached hydrogens (tertiary/aromatic N) is 2. The molecule has 2 amide bonds. The SMILES string of the molecule is O=C(COc1ccc(C2Oc3ccccc3C3CC(c4ccccc4)=NN32)cc1)CC1SC(=O)NC1=O. The number of fused-ring (bicyclic) bond motifs is 3. The summed E-state index contributed by atoms with van der Waals surface area (Å²) in [5.41, 5.74) is 4.14. The molecular formula is C28H23N3O5S. The number of rotatable bonds is 7. The first kappa shape index (κ1) is 23.3. The maximum absolute atomic E-state index is 12.3. The number of hydrogen-bond donors (Lipinski definition) is 1. The highest BCUT2D eigenvalue weighted by atomic mass is 32.2. The van der Waals surface area contributed by atoms with Crippen LogP contribution in [0.2, 0.25) is 0 Å². The molecule has 3 atom stereocenters. The normalized spacial score (nSPS) is 22.0. The van der Waals surface area contributed by atoms with Crippen LogP contribution in [0.3, 0.4) is 0 Å². The zero-order valence-corrected chi connectivity index (χ0v) is 20.5. The number of ketones is 1. The van der Waals surface area contributed by atoms with Crippen LogP contribution in [0, 0.1) is 0 Å². The summed E-state index contributed by atoms with van der Waals surface area (Å²) in [7, 11) is 0. The number of hydrazone groups is 1. The smallest absolute Gasteiger partial charge is 0.286 e. The first-order chi connectivity index (χ1) is 18.0. The molecule has 0 aliphatic carbocycles. The van der Waals surface area contributed by atoms with Crippen molar-refractivity contribution in [1.82, 2.24) is 10.3 Å². The lowest BCUT2D eigenvalue weighted by molar-refractivity contribution is -0.125. The molecule has 3 aliphatic heterocycles. The van der Waals surface area contributed by atoms with Crippen molar-refractivity contribution in [2.45, 2.75) is 30.4 Å². The van der Waals surface area contributed by atoms with Gasteiger partial charge < -0.3 is 9.47 Å². The summed E-state index contributed by atoms with van der Waals surface area (Å²) in [4.78, 5) is 35.2. The van der Waals surface area contributed by atoms with Gasteiger partial charge in [-0.3, -0.25) is 19.7 Å². The highest BCUT2D eigenvalue weighted by Crippen LogP contribution is 2.47. The van der Waals surface area contributed by atoms with Gasteiger partial charge in [0.2, 0.25) is 12.1 Å². The van der Waals surface area contributed by atoms with Gasteiger partial charge in [0.1, 0.15) is 23.4 Å². The zero-order valence-electron chi connectivity index (χ0n) is 19.7. The number of amides is 2. The second-order valence-corrected chi connectivity index (χ2v) is 10.2. The van der Waals surface area contributed by atoms with Crippen LogP contribution in [0.25, 0.3) is 0 Å². The monoisotopic (exact) mass is 513 g/mol. The molecule has 1 N–H and O–H groups in total. The van der Waals surface area contributed by atoms with E-state index in [1.807, 2.05) is 53.5 Å². The van der Waals surface area contributed by atoms with Gasteiger partial charge in [0, 0.05) is 24.0 Å². The van der Waals surface area contributed by atoms with Crippen LogP contribution in [-0.2, 0) is 9.59 Å². The van der Waals surface area contributed by atoms with Crippen molar-refractivity contribution in [2.24, 2.45) is 5.10 Å². The third-order valence-electron chi connectivity index (χ3n) is 6.55. The van der Waals surface area contributed by atoms with Crippen molar-refractivity contribution < 1.29 is 23.9 Å². The first-order valence-corrected chi connectivity index (χ1v) is 12.9. The first-order valence-electron chi connectivity index (χ1n) is 12.0. The van der Waals surface area contributed by atoms with Crippen LogP contribution < -0.4 is 14.8 Å². The third kappa shape index (κ3) is 4.70. The second kappa shape index (κ2) is 9.74. The zero-order chi connectivity index (χ0) is 25.4. The Morgan fingerprint density at radius 2 is 1.78 bits per heavy atom. The van der Waals surface area contributed by atoms with Crippen molar-refractivity contribution in [1.29, 1.82) is 0 Å². The highest BCUT2D eigenvalue weighted by molar-refractivity contribution is 8.15. The molecule has 3 heterocycles. The average molecular weight is 514 g/mol. The van der Waals surface area contributed by atoms with Crippen molar-refractivity contribution in [3.05, 3.63) is 95.6 Å². The maximum atomic E-state index is 12.3. The number of Topliss-reactive ketones (excluding diaryl/α,β-unsaturated/α-hetero) is 1. The van der Waals surface area contributed by atoms with Crippen molar-refractivity contribution in [3.63, 3.8) is 0 Å². The summed E-state index contributed by atoms with van der Waals surface area (Å²) in [5.74, 6) is 0.692. The fraction of sp³-hybridized carbons (Fsp3) is 0.214. The molecule has 6 rings (SSSR count). The van der Waals surface area contributed by atoms with E-state index in [0.717, 1.165) is 46.3 Å². The number of thioether (sulfide) groups is 1. The molecule has 0 radical (unpaired) electrons. The van der Waals surface area contributed by atoms with Gasteiger partial charge >= 0.3 is 0 Å². The van der Waals surface area contributed by atoms with E-state index in [1.54, 1.807) is 12.1 Å². The van der Waals surface area contributed by atoms with Crippen LogP contribution in [0.15, 0.2) is 84.0 Å². The number of imide groups is 1. The summed E-state index contributed by atoms with van der Waals surface area (Å²) < 4.78 is 12.0. The molecule has 3 aromatic carbocycles. The van der Waals surface area contributed by atoms with Crippen LogP contribution in [0.4, 0.5) is 4.79 Å². The fourth-order valence-electron chi connectivity index (χ4n) is 4.75. The summed E-state index contributed by atoms with van der Waals surface area (Å²) in [5, 5.41) is 8.07. The molecule has 1 fully saturated rings. The molecule has 8 nitrogen and oxygen atoms in total. The Balaban J connectivity index is 1.17. The summed E-state index contributed by atoms with van der Waals surface area (Å²) in [6, 6.07) is 25.7. The largest absolute Gasteiger partial charge is 0.486 e. The minimum atomic E-state index is -0.688. The summed E-state index contributed by atoms with van der Waals surface area (Å²) in [6.45, 7) is -0.176. The van der Waals surface area contributed by atoms with E-state index in [0.29, 0.717) is 5.75 Å². The number of ether oxygens (including phenoxy) is 2. The van der Waals surface area contributed by atoms with Crippen LogP contribution in [-0.4, -0.2) is 39.5 Å². The molecule has 186 valence electrons. The van der Waals surface area contributed by atoms with E-state index in [2.05, 4.69) is 23.5 Å². The molecule has 3 unspecified atom stereocenters. The highest BCUT2D eigenvalue weighted by Gasteiger charge is 2.40. The van der Waals surface area contributed by atoms with E-state index >= 15 is 0 Å². The number of carbonyl (C=O) groups is 3. The van der Waals surface area contributed by atoms with E-state index in [4.69, 9.17) is 14.6 Å². The Bertz CT molecular complexity index is 1390. The Morgan fingerprint density at radius 1 is 1.03 bits per heavy atom. The van der Waals surface area contributed by atoms with Gasteiger partial charge in [-0.05, 0) is 35.9 Å². The second-order valence-electron chi connectivity index (χ2n) is 9.00. The lowest BCUT2D eigenvalue weighted by atomic mass is 9.96. The number of hydrogen-bond acceptors (Lipinski definition) is 8. The molecule has 0 bridgehead atoms. The Morgan fingerprint density at radius 3 is 2.54 bits per heavy atom. The number of benzene rings is 3. The predicted molar refractivity (Wildman–Crippen MR) is 138 cm³/mol. The van der Waals surface area contributed by atoms with Crippen molar-refractivity contribution in [2.75, 3.05) is 6.61 Å². The van der Waals surface area contributed by atoms with Crippen molar-refractivity contribution >= 4 is 34.4 Å². The third-order valence-corrected chi connectivity index (χ3v) is 7.53. The minimum absolute atomic E-state index is 0.0479. The van der Waals surface area contributed by atoms with Crippen LogP contribution in [0.1, 0.15) is 41.8 Å². The van der Waals surface area contributed by atoms with E-state index < -0.39 is 22.6 Å². The van der Waals surface area contributed by atoms with E-state index in [1.165, 1.54) is 0 Å². The lowest BCUT2D eigenvalue weighted by Gasteiger charge is -2.38. The number of para-hydroxylation sites is 1. The van der Waals surface area contributed by atoms with Crippen LogP contribution in [0.5, 0.6) is 11.5 Å². The van der Waals surface area contributed by atoms with Crippen LogP contribution >= 0.6 is 11.8 Å². The minimum Gasteiger partial charge on any atom is -0.486 e. The number of nitrogens with one attached hydrogen (secondary N) is 1. The average Bonchev–Trinajstić information content (AvgIpc) is 3.51. The molecule has 3 aromatic rings. The van der Waals surface area contributed by atoms with Gasteiger partial charge in [-0.1, -0.05) is 60.3 Å². The molecular weight excluding hydrogens is 490 g/mol. The molecule has 37 heavy (non-hydrogen) atoms. The molecule has 1 saturated heterocycles. The fourth-order valence-corrected chi connectivity index (χ4v) is 5.60. The summed E-state index contributed by atoms with van der Waals surface area (Å²) in [6.07, 6.45) is 0.327. The van der Waals surface area contributed by atoms with E-state index in [-0.39, 0.29) is 24.9 Å². The molecule has 9 heteroatoms. The molecule has 0 spiro atoms. The van der Waals surface area contributed by atoms with E-state index in [9.17, 15) is 14.4 Å². The summed E-state index contributed by atoms with van der Waals surface area (Å²) >= 11 is 0.838. The Labute approximate surface area is 217 Å². The standard InChI is InChI=1S/C28H23N3O5S/c32-19(14-25-26(33)29-28(34)37-25)16-35-20-12-10-18(11-13-20)27-31-23(21-8-4-5-9-24(21)36-27)15-22(30-31)17-6-2-1-3-7-17/h1-13,23,25,27H,14-16H2,(H,29,33,34). The molecule has 0 aromatic heterocycles. The molecule has 0 saturated carbocycles. The van der Waals surface area contributed by atoms with Gasteiger partial charge in [-0.15, -0.1) is 0 Å². The lowest BCUT2D eigenvalue weighted by Crippen LogP contribution is -2.33. The van der Waals surface area contributed by atoms with Gasteiger partial charge in [-0.25, -0.2) is 5.01 Å². The maximum Gasteiger partial charge on any atom is 0.286 e. The number of carbonyl (C=O) groups excluding carboxylic acids is 3. The van der Waals surface area contributed by atoms with Gasteiger partial charge in [0.15, 0.2) is 5.78 Å². The predicted octanol–water partition coefficient (Wildman–Crippen LogP) is 4.62. The Kier molecular flexibility index (Phi) is 6.13. The van der Waals surface area contributed by atoms with Gasteiger partial charge in [0.05, 0.1) is 11.8 Å².